The van der Waals surface area contributed by atoms with Gasteiger partial charge in [-0.1, -0.05) is 0 Å². The molecule has 0 saturated carbocycles. The van der Waals surface area contributed by atoms with Crippen molar-refractivity contribution in [3.05, 3.63) is 0 Å². The summed E-state index contributed by atoms with van der Waals surface area (Å²) < 4.78 is 0. The molecule has 0 aliphatic rings. The van der Waals surface area contributed by atoms with Gasteiger partial charge in [0.15, 0.2) is 0 Å². The molecule has 0 nitrogen and oxygen atoms in total. The van der Waals surface area contributed by atoms with E-state index in [9.17, 15) is 0 Å². The van der Waals surface area contributed by atoms with E-state index in [2.05, 4.69) is 0 Å². The Morgan fingerprint density at radius 3 is 1.00 bits per heavy atom. The summed E-state index contributed by atoms with van der Waals surface area (Å²) in [6.07, 6.45) is 0. The van der Waals surface area contributed by atoms with Crippen LogP contribution < -0.4 is 0 Å². The first-order valence-electron chi connectivity index (χ1n) is 0. The Morgan fingerprint density at radius 2 is 1.00 bits per heavy atom. The molecular weight excluding hydrogens is 151 g/mol. The van der Waals surface area contributed by atoms with Crippen molar-refractivity contribution in [2.24, 2.45) is 0 Å². The first-order chi connectivity index (χ1) is 0. The second-order valence-electron chi connectivity index (χ2n) is 0. The Balaban J connectivity index is 0. The Labute approximate surface area is 67.5 Å². The molecule has 0 rings (SSSR count). The average Bonchev–Trinajstić information content (AvgIpc) is 0. The van der Waals surface area contributed by atoms with E-state index in [0.29, 0.717) is 0 Å². The van der Waals surface area contributed by atoms with Crippen molar-refractivity contribution in [2.45, 2.75) is 0 Å². The third-order valence-corrected chi connectivity index (χ3v) is 0. The number of hydrogen-bond acceptors (Lipinski definition) is 0. The monoisotopic (exact) mass is 154 g/mol. The largest absolute Gasteiger partial charge is 2.00 e. The molecule has 4 heteroatoms. The molecule has 4 heavy (non-hydrogen) atoms. The van der Waals surface area contributed by atoms with E-state index in [4.69, 9.17) is 0 Å². The second kappa shape index (κ2) is 20.9. The van der Waals surface area contributed by atoms with Gasteiger partial charge < -0.3 is 2.85 Å². The molecule has 0 bridgehead atoms. The Morgan fingerprint density at radius 1 is 1.00 bits per heavy atom. The van der Waals surface area contributed by atoms with Crippen molar-refractivity contribution in [1.29, 1.82) is 0 Å². The second-order valence-corrected chi connectivity index (χ2v) is 0. The molecule has 0 heterocycles. The van der Waals surface area contributed by atoms with Crippen LogP contribution in [0.25, 0.3) is 0 Å². The molecule has 0 saturated heterocycles. The van der Waals surface area contributed by atoms with Crippen molar-refractivity contribution in [3.63, 3.8) is 0 Å². The van der Waals surface area contributed by atoms with Crippen LogP contribution in [0.15, 0.2) is 0 Å². The fourth-order valence-electron chi connectivity index (χ4n) is 0. The third kappa shape index (κ3) is 9.12. The van der Waals surface area contributed by atoms with Gasteiger partial charge in [-0.15, -0.1) is 24.8 Å². The predicted octanol–water partition coefficient (Wildman–Crippen LogP) is 0.685. The zero-order chi connectivity index (χ0) is 0. The van der Waals surface area contributed by atoms with E-state index in [1.54, 1.807) is 0 Å². The van der Waals surface area contributed by atoms with Crippen molar-refractivity contribution in [3.8, 4) is 0 Å². The van der Waals surface area contributed by atoms with Crippen LogP contribution in [0.3, 0.4) is 0 Å². The van der Waals surface area contributed by atoms with Crippen molar-refractivity contribution < 1.29 is 19.9 Å². The van der Waals surface area contributed by atoms with Gasteiger partial charge in [0.1, 0.15) is 0 Å². The van der Waals surface area contributed by atoms with Crippen LogP contribution in [-0.2, 0) is 17.1 Å². The van der Waals surface area contributed by atoms with Crippen LogP contribution in [0.4, 0.5) is 0 Å². The summed E-state index contributed by atoms with van der Waals surface area (Å²) >= 11 is 0. The SMILES string of the molecule is Cl.Cl.[Fe].[H-].[H-].[Mg+2]. The van der Waals surface area contributed by atoms with E-state index >= 15 is 0 Å². The molecule has 0 aromatic carbocycles. The van der Waals surface area contributed by atoms with Gasteiger partial charge in [-0.2, -0.15) is 0 Å². The summed E-state index contributed by atoms with van der Waals surface area (Å²) in [4.78, 5) is 0. The van der Waals surface area contributed by atoms with Crippen molar-refractivity contribution >= 4 is 47.9 Å². The predicted molar refractivity (Wildman–Crippen MR) is 22.5 cm³/mol. The van der Waals surface area contributed by atoms with E-state index in [1.165, 1.54) is 0 Å². The van der Waals surface area contributed by atoms with Crippen LogP contribution in [0, 0.1) is 0 Å². The zero-order valence-electron chi connectivity index (χ0n) is 3.88. The van der Waals surface area contributed by atoms with Crippen LogP contribution in [-0.4, -0.2) is 23.1 Å². The maximum Gasteiger partial charge on any atom is 2.00 e. The molecule has 0 aromatic rings. The number of rotatable bonds is 0. The summed E-state index contributed by atoms with van der Waals surface area (Å²) in [6.45, 7) is 0. The fourth-order valence-corrected chi connectivity index (χ4v) is 0. The number of hydrogen-bond donors (Lipinski definition) is 0. The minimum atomic E-state index is 0. The maximum atomic E-state index is 0. The van der Waals surface area contributed by atoms with E-state index < -0.39 is 0 Å². The molecule has 0 aliphatic carbocycles. The fraction of sp³-hybridized carbons (Fsp3) is 0. The van der Waals surface area contributed by atoms with E-state index in [-0.39, 0.29) is 67.8 Å². The first-order valence-corrected chi connectivity index (χ1v) is 0. The molecule has 0 aliphatic heterocycles. The Kier molecular flexibility index (Phi) is 208. The molecule has 0 unspecified atom stereocenters. The van der Waals surface area contributed by atoms with Gasteiger partial charge in [0.05, 0.1) is 0 Å². The molecular formula is H4Cl2FeMg. The molecule has 0 fully saturated rings. The smallest absolute Gasteiger partial charge is 1.00 e. The van der Waals surface area contributed by atoms with Crippen molar-refractivity contribution in [2.75, 3.05) is 0 Å². The number of halogens is 2. The third-order valence-electron chi connectivity index (χ3n) is 0. The summed E-state index contributed by atoms with van der Waals surface area (Å²) in [5, 5.41) is 0. The standard InChI is InChI=1S/2ClH.Fe.Mg.2H/h2*1H;;;;/q;;;+2;2*-1. The zero-order valence-corrected chi connectivity index (χ0v) is 6.03. The Hall–Kier alpha value is 1.87. The summed E-state index contributed by atoms with van der Waals surface area (Å²) in [5.41, 5.74) is 0. The maximum absolute atomic E-state index is 0. The van der Waals surface area contributed by atoms with Gasteiger partial charge in [-0.3, -0.25) is 0 Å². The topological polar surface area (TPSA) is 0 Å². The molecule has 0 atom stereocenters. The molecule has 0 amide bonds. The van der Waals surface area contributed by atoms with Gasteiger partial charge in [-0.05, 0) is 0 Å². The molecule has 0 aromatic heterocycles. The normalized spacial score (nSPS) is 0. The molecule has 28 valence electrons. The average molecular weight is 155 g/mol. The summed E-state index contributed by atoms with van der Waals surface area (Å²) in [6, 6.07) is 0. The van der Waals surface area contributed by atoms with Crippen molar-refractivity contribution in [1.82, 2.24) is 0 Å². The van der Waals surface area contributed by atoms with Gasteiger partial charge >= 0.3 is 23.1 Å². The van der Waals surface area contributed by atoms with E-state index in [1.807, 2.05) is 0 Å². The van der Waals surface area contributed by atoms with Crippen LogP contribution in [0.5, 0.6) is 0 Å². The summed E-state index contributed by atoms with van der Waals surface area (Å²) in [7, 11) is 0. The summed E-state index contributed by atoms with van der Waals surface area (Å²) in [5.74, 6) is 0. The minimum Gasteiger partial charge on any atom is -1.00 e. The molecule has 0 N–H and O–H groups in total. The minimum absolute atomic E-state index is 0. The molecule has 0 radical (unpaired) electrons. The van der Waals surface area contributed by atoms with Crippen LogP contribution >= 0.6 is 24.8 Å². The van der Waals surface area contributed by atoms with Crippen LogP contribution in [0.1, 0.15) is 2.85 Å². The van der Waals surface area contributed by atoms with Gasteiger partial charge in [0.2, 0.25) is 0 Å². The van der Waals surface area contributed by atoms with Gasteiger partial charge in [-0.25, -0.2) is 0 Å². The van der Waals surface area contributed by atoms with Gasteiger partial charge in [0.25, 0.3) is 0 Å². The first kappa shape index (κ1) is 39.9. The quantitative estimate of drug-likeness (QED) is 0.451. The van der Waals surface area contributed by atoms with Crippen LogP contribution in [0.2, 0.25) is 0 Å². The van der Waals surface area contributed by atoms with Gasteiger partial charge in [0, 0.05) is 17.1 Å². The molecule has 0 spiro atoms. The van der Waals surface area contributed by atoms with E-state index in [0.717, 1.165) is 0 Å². The Bertz CT molecular complexity index is 11.5.